The first-order valence-corrected chi connectivity index (χ1v) is 8.11. The Hall–Kier alpha value is -1.49. The fourth-order valence-corrected chi connectivity index (χ4v) is 2.92. The maximum Gasteiger partial charge on any atom is 0.410 e. The first-order valence-electron chi connectivity index (χ1n) is 8.11. The van der Waals surface area contributed by atoms with Gasteiger partial charge in [0.25, 0.3) is 0 Å². The van der Waals surface area contributed by atoms with E-state index in [4.69, 9.17) is 4.74 Å². The van der Waals surface area contributed by atoms with E-state index in [0.717, 1.165) is 25.9 Å². The van der Waals surface area contributed by atoms with Gasteiger partial charge in [0.15, 0.2) is 0 Å². The normalized spacial score (nSPS) is 21.0. The Bertz CT molecular complexity index is 479. The number of hydrogen-bond donors (Lipinski definition) is 1. The summed E-state index contributed by atoms with van der Waals surface area (Å²) in [7, 11) is 2.13. The van der Waals surface area contributed by atoms with E-state index in [2.05, 4.69) is 29.9 Å². The summed E-state index contributed by atoms with van der Waals surface area (Å²) in [6.45, 7) is 9.44. The van der Waals surface area contributed by atoms with Gasteiger partial charge in [-0.3, -0.25) is 4.90 Å². The van der Waals surface area contributed by atoms with Crippen LogP contribution in [0.4, 0.5) is 4.79 Å². The van der Waals surface area contributed by atoms with Crippen LogP contribution >= 0.6 is 0 Å². The smallest absolute Gasteiger partial charge is 0.410 e. The van der Waals surface area contributed by atoms with Crippen LogP contribution in [0.2, 0.25) is 0 Å². The minimum absolute atomic E-state index is 0.196. The molecule has 1 aromatic rings. The maximum atomic E-state index is 12.3. The number of carbonyl (C=O) groups excluding carboxylic acids is 1. The van der Waals surface area contributed by atoms with Gasteiger partial charge >= 0.3 is 6.09 Å². The molecule has 1 N–H and O–H groups in total. The minimum Gasteiger partial charge on any atom is -0.444 e. The lowest BCUT2D eigenvalue weighted by molar-refractivity contribution is 0.00961. The van der Waals surface area contributed by atoms with E-state index in [1.54, 1.807) is 0 Å². The average Bonchev–Trinajstić information content (AvgIpc) is 2.98. The molecule has 1 amide bonds. The van der Waals surface area contributed by atoms with Gasteiger partial charge in [0.2, 0.25) is 0 Å². The van der Waals surface area contributed by atoms with Gasteiger partial charge in [-0.15, -0.1) is 0 Å². The van der Waals surface area contributed by atoms with Crippen LogP contribution in [-0.2, 0) is 4.74 Å². The first kappa shape index (κ1) is 16.9. The van der Waals surface area contributed by atoms with Crippen molar-refractivity contribution in [2.45, 2.75) is 58.2 Å². The van der Waals surface area contributed by atoms with Crippen molar-refractivity contribution in [3.63, 3.8) is 0 Å². The summed E-state index contributed by atoms with van der Waals surface area (Å²) in [6, 6.07) is 4.79. The summed E-state index contributed by atoms with van der Waals surface area (Å²) < 4.78 is 5.50. The number of aromatic nitrogens is 1. The minimum atomic E-state index is -0.437. The number of piperidine rings is 1. The van der Waals surface area contributed by atoms with Crippen LogP contribution in [0.1, 0.15) is 52.3 Å². The third-order valence-electron chi connectivity index (χ3n) is 4.31. The fourth-order valence-electron chi connectivity index (χ4n) is 2.92. The van der Waals surface area contributed by atoms with Crippen LogP contribution < -0.4 is 0 Å². The molecule has 1 fully saturated rings. The molecule has 5 heteroatoms. The zero-order valence-corrected chi connectivity index (χ0v) is 14.4. The van der Waals surface area contributed by atoms with Crippen molar-refractivity contribution in [3.05, 3.63) is 24.0 Å². The molecule has 2 atom stereocenters. The second-order valence-corrected chi connectivity index (χ2v) is 7.19. The molecule has 1 aromatic heterocycles. The lowest BCUT2D eigenvalue weighted by Gasteiger charge is -2.40. The Kier molecular flexibility index (Phi) is 5.16. The molecule has 0 aromatic carbocycles. The van der Waals surface area contributed by atoms with Gasteiger partial charge < -0.3 is 14.6 Å². The van der Waals surface area contributed by atoms with Crippen molar-refractivity contribution in [1.29, 1.82) is 0 Å². The van der Waals surface area contributed by atoms with Gasteiger partial charge in [-0.25, -0.2) is 4.79 Å². The molecule has 1 aliphatic heterocycles. The van der Waals surface area contributed by atoms with Gasteiger partial charge in [-0.1, -0.05) is 0 Å². The molecular weight excluding hydrogens is 278 g/mol. The molecule has 1 unspecified atom stereocenters. The standard InChI is InChI=1S/C17H29N3O2/c1-13(15-9-6-10-18-15)19(5)14-8-7-11-20(12-14)16(21)22-17(2,3)4/h6,9-10,13-14,18H,7-8,11-12H2,1-5H3/t13?,14-/m0/s1. The highest BCUT2D eigenvalue weighted by atomic mass is 16.6. The van der Waals surface area contributed by atoms with E-state index in [1.165, 1.54) is 5.69 Å². The number of carbonyl (C=O) groups is 1. The molecule has 5 nitrogen and oxygen atoms in total. The number of H-pyrrole nitrogens is 1. The van der Waals surface area contributed by atoms with Crippen molar-refractivity contribution in [2.24, 2.45) is 0 Å². The van der Waals surface area contributed by atoms with Crippen LogP contribution in [0.5, 0.6) is 0 Å². The molecule has 2 rings (SSSR count). The second-order valence-electron chi connectivity index (χ2n) is 7.19. The molecule has 0 spiro atoms. The van der Waals surface area contributed by atoms with E-state index in [9.17, 15) is 4.79 Å². The molecule has 1 saturated heterocycles. The number of aromatic amines is 1. The van der Waals surface area contributed by atoms with E-state index < -0.39 is 5.60 Å². The quantitative estimate of drug-likeness (QED) is 0.931. The molecule has 0 radical (unpaired) electrons. The molecular formula is C17H29N3O2. The predicted octanol–water partition coefficient (Wildman–Crippen LogP) is 3.41. The van der Waals surface area contributed by atoms with Crippen molar-refractivity contribution < 1.29 is 9.53 Å². The highest BCUT2D eigenvalue weighted by Gasteiger charge is 2.31. The predicted molar refractivity (Wildman–Crippen MR) is 87.8 cm³/mol. The SMILES string of the molecule is CC(c1ccc[nH]1)N(C)[C@H]1CCCN(C(=O)OC(C)(C)C)C1. The summed E-state index contributed by atoms with van der Waals surface area (Å²) in [5, 5.41) is 0. The van der Waals surface area contributed by atoms with Crippen molar-refractivity contribution in [3.8, 4) is 0 Å². The number of rotatable bonds is 3. The summed E-state index contributed by atoms with van der Waals surface area (Å²) in [5.74, 6) is 0. The number of ether oxygens (including phenoxy) is 1. The van der Waals surface area contributed by atoms with E-state index >= 15 is 0 Å². The topological polar surface area (TPSA) is 48.6 Å². The van der Waals surface area contributed by atoms with Gasteiger partial charge in [0.05, 0.1) is 0 Å². The lowest BCUT2D eigenvalue weighted by atomic mass is 10.0. The molecule has 0 saturated carbocycles. The van der Waals surface area contributed by atoms with Gasteiger partial charge in [0.1, 0.15) is 5.60 Å². The Balaban J connectivity index is 1.96. The maximum absolute atomic E-state index is 12.3. The number of nitrogens with zero attached hydrogens (tertiary/aromatic N) is 2. The Labute approximate surface area is 133 Å². The number of hydrogen-bond acceptors (Lipinski definition) is 3. The highest BCUT2D eigenvalue weighted by Crippen LogP contribution is 2.25. The van der Waals surface area contributed by atoms with E-state index in [1.807, 2.05) is 37.9 Å². The van der Waals surface area contributed by atoms with E-state index in [-0.39, 0.29) is 6.09 Å². The van der Waals surface area contributed by atoms with E-state index in [0.29, 0.717) is 12.1 Å². The molecule has 22 heavy (non-hydrogen) atoms. The van der Waals surface area contributed by atoms with Crippen LogP contribution in [0.25, 0.3) is 0 Å². The Morgan fingerprint density at radius 2 is 2.23 bits per heavy atom. The summed E-state index contributed by atoms with van der Waals surface area (Å²) in [5.41, 5.74) is 0.768. The van der Waals surface area contributed by atoms with Crippen molar-refractivity contribution in [1.82, 2.24) is 14.8 Å². The van der Waals surface area contributed by atoms with Gasteiger partial charge in [-0.2, -0.15) is 0 Å². The molecule has 0 aliphatic carbocycles. The summed E-state index contributed by atoms with van der Waals surface area (Å²) >= 11 is 0. The zero-order chi connectivity index (χ0) is 16.3. The zero-order valence-electron chi connectivity index (χ0n) is 14.4. The molecule has 2 heterocycles. The molecule has 1 aliphatic rings. The number of amides is 1. The van der Waals surface area contributed by atoms with Crippen molar-refractivity contribution >= 4 is 6.09 Å². The highest BCUT2D eigenvalue weighted by molar-refractivity contribution is 5.68. The van der Waals surface area contributed by atoms with Crippen LogP contribution in [0.3, 0.4) is 0 Å². The summed E-state index contributed by atoms with van der Waals surface area (Å²) in [4.78, 5) is 19.7. The van der Waals surface area contributed by atoms with Gasteiger partial charge in [0, 0.05) is 37.1 Å². The third kappa shape index (κ3) is 4.26. The summed E-state index contributed by atoms with van der Waals surface area (Å²) in [6.07, 6.45) is 3.89. The van der Waals surface area contributed by atoms with Crippen LogP contribution in [0.15, 0.2) is 18.3 Å². The van der Waals surface area contributed by atoms with Crippen LogP contribution in [0, 0.1) is 0 Å². The van der Waals surface area contributed by atoms with Crippen molar-refractivity contribution in [2.75, 3.05) is 20.1 Å². The lowest BCUT2D eigenvalue weighted by Crippen LogP contribution is -2.50. The number of likely N-dealkylation sites (tertiary alicyclic amines) is 1. The molecule has 124 valence electrons. The van der Waals surface area contributed by atoms with Gasteiger partial charge in [-0.05, 0) is 59.7 Å². The van der Waals surface area contributed by atoms with Crippen LogP contribution in [-0.4, -0.2) is 52.7 Å². The monoisotopic (exact) mass is 307 g/mol. The second kappa shape index (κ2) is 6.73. The largest absolute Gasteiger partial charge is 0.444 e. The fraction of sp³-hybridized carbons (Fsp3) is 0.706. The third-order valence-corrected chi connectivity index (χ3v) is 4.31. The Morgan fingerprint density at radius 1 is 1.50 bits per heavy atom. The molecule has 0 bridgehead atoms. The number of nitrogens with one attached hydrogen (secondary N) is 1. The average molecular weight is 307 g/mol. The Morgan fingerprint density at radius 3 is 2.82 bits per heavy atom. The number of likely N-dealkylation sites (N-methyl/N-ethyl adjacent to an activating group) is 1. The first-order chi connectivity index (χ1) is 10.3.